The Morgan fingerprint density at radius 3 is 2.00 bits per heavy atom. The first-order valence-corrected chi connectivity index (χ1v) is 8.11. The number of carbonyl (C=O) groups is 1. The van der Waals surface area contributed by atoms with Crippen LogP contribution in [0.4, 0.5) is 0 Å². The van der Waals surface area contributed by atoms with Crippen LogP contribution in [0, 0.1) is 0 Å². The standard InChI is InChI=1S/C16H30O3/c1-2-3-11-14-15(19-14)12-9-7-5-4-6-8-10-13-16(17)18/h14-15H,2-13H2,1H3,(H,17,18). The maximum Gasteiger partial charge on any atom is 0.303 e. The van der Waals surface area contributed by atoms with Gasteiger partial charge in [0.1, 0.15) is 0 Å². The third-order valence-electron chi connectivity index (χ3n) is 3.91. The largest absolute Gasteiger partial charge is 0.481 e. The minimum atomic E-state index is -0.665. The predicted molar refractivity (Wildman–Crippen MR) is 77.4 cm³/mol. The maximum atomic E-state index is 10.3. The molecular weight excluding hydrogens is 240 g/mol. The van der Waals surface area contributed by atoms with E-state index in [4.69, 9.17) is 9.84 Å². The summed E-state index contributed by atoms with van der Waals surface area (Å²) in [4.78, 5) is 10.3. The molecule has 1 rings (SSSR count). The highest BCUT2D eigenvalue weighted by Gasteiger charge is 2.36. The van der Waals surface area contributed by atoms with E-state index in [1.54, 1.807) is 0 Å². The lowest BCUT2D eigenvalue weighted by Gasteiger charge is -2.00. The second-order valence-corrected chi connectivity index (χ2v) is 5.76. The van der Waals surface area contributed by atoms with Gasteiger partial charge in [0, 0.05) is 6.42 Å². The van der Waals surface area contributed by atoms with Gasteiger partial charge < -0.3 is 9.84 Å². The van der Waals surface area contributed by atoms with Crippen LogP contribution in [-0.2, 0) is 9.53 Å². The highest BCUT2D eigenvalue weighted by molar-refractivity contribution is 5.66. The lowest BCUT2D eigenvalue weighted by molar-refractivity contribution is -0.137. The van der Waals surface area contributed by atoms with Crippen LogP contribution in [0.15, 0.2) is 0 Å². The third kappa shape index (κ3) is 9.04. The van der Waals surface area contributed by atoms with Crippen molar-refractivity contribution in [1.29, 1.82) is 0 Å². The van der Waals surface area contributed by atoms with Crippen LogP contribution >= 0.6 is 0 Å². The molecule has 2 unspecified atom stereocenters. The summed E-state index contributed by atoms with van der Waals surface area (Å²) in [6.45, 7) is 2.23. The fourth-order valence-electron chi connectivity index (χ4n) is 2.60. The van der Waals surface area contributed by atoms with Crippen molar-refractivity contribution >= 4 is 5.97 Å². The Morgan fingerprint density at radius 2 is 1.42 bits per heavy atom. The van der Waals surface area contributed by atoms with Gasteiger partial charge in [-0.05, 0) is 19.3 Å². The van der Waals surface area contributed by atoms with Crippen LogP contribution in [0.3, 0.4) is 0 Å². The quantitative estimate of drug-likeness (QED) is 0.395. The van der Waals surface area contributed by atoms with Crippen molar-refractivity contribution in [3.63, 3.8) is 0 Å². The van der Waals surface area contributed by atoms with Crippen LogP contribution < -0.4 is 0 Å². The summed E-state index contributed by atoms with van der Waals surface area (Å²) in [5.74, 6) is -0.665. The van der Waals surface area contributed by atoms with Gasteiger partial charge >= 0.3 is 5.97 Å². The summed E-state index contributed by atoms with van der Waals surface area (Å²) >= 11 is 0. The first-order chi connectivity index (χ1) is 9.24. The number of aliphatic carboxylic acids is 1. The second kappa shape index (κ2) is 10.2. The number of ether oxygens (including phenoxy) is 1. The Bertz CT molecular complexity index is 240. The molecule has 1 aliphatic heterocycles. The van der Waals surface area contributed by atoms with Crippen LogP contribution in [0.5, 0.6) is 0 Å². The highest BCUT2D eigenvalue weighted by Crippen LogP contribution is 2.31. The Labute approximate surface area is 117 Å². The normalized spacial score (nSPS) is 21.5. The van der Waals surface area contributed by atoms with Gasteiger partial charge in [-0.2, -0.15) is 0 Å². The molecule has 0 aromatic heterocycles. The SMILES string of the molecule is CCCCC1OC1CCCCCCCCCC(=O)O. The number of hydrogen-bond donors (Lipinski definition) is 1. The van der Waals surface area contributed by atoms with Gasteiger partial charge in [0.15, 0.2) is 0 Å². The van der Waals surface area contributed by atoms with Gasteiger partial charge in [-0.3, -0.25) is 4.79 Å². The molecule has 1 aliphatic rings. The lowest BCUT2D eigenvalue weighted by atomic mass is 10.0. The van der Waals surface area contributed by atoms with Gasteiger partial charge in [-0.25, -0.2) is 0 Å². The molecule has 3 nitrogen and oxygen atoms in total. The minimum absolute atomic E-state index is 0.332. The maximum absolute atomic E-state index is 10.3. The second-order valence-electron chi connectivity index (χ2n) is 5.76. The first-order valence-electron chi connectivity index (χ1n) is 8.11. The van der Waals surface area contributed by atoms with Gasteiger partial charge in [-0.1, -0.05) is 58.3 Å². The van der Waals surface area contributed by atoms with Crippen molar-refractivity contribution in [3.8, 4) is 0 Å². The molecule has 0 aliphatic carbocycles. The molecular formula is C16H30O3. The van der Waals surface area contributed by atoms with E-state index in [1.807, 2.05) is 0 Å². The van der Waals surface area contributed by atoms with Crippen molar-refractivity contribution in [3.05, 3.63) is 0 Å². The summed E-state index contributed by atoms with van der Waals surface area (Å²) in [5, 5.41) is 8.51. The Balaban J connectivity index is 1.74. The van der Waals surface area contributed by atoms with Crippen LogP contribution in [0.1, 0.15) is 84.0 Å². The van der Waals surface area contributed by atoms with Crippen LogP contribution in [-0.4, -0.2) is 23.3 Å². The van der Waals surface area contributed by atoms with Gasteiger partial charge in [0.05, 0.1) is 12.2 Å². The van der Waals surface area contributed by atoms with Crippen molar-refractivity contribution in [2.24, 2.45) is 0 Å². The topological polar surface area (TPSA) is 49.8 Å². The van der Waals surface area contributed by atoms with Gasteiger partial charge in [0.25, 0.3) is 0 Å². The summed E-state index contributed by atoms with van der Waals surface area (Å²) in [6.07, 6.45) is 14.8. The lowest BCUT2D eigenvalue weighted by Crippen LogP contribution is -1.94. The summed E-state index contributed by atoms with van der Waals surface area (Å²) in [7, 11) is 0. The zero-order valence-corrected chi connectivity index (χ0v) is 12.4. The monoisotopic (exact) mass is 270 g/mol. The zero-order chi connectivity index (χ0) is 13.9. The molecule has 0 bridgehead atoms. The van der Waals surface area contributed by atoms with Gasteiger partial charge in [0.2, 0.25) is 0 Å². The minimum Gasteiger partial charge on any atom is -0.481 e. The number of epoxide rings is 1. The summed E-state index contributed by atoms with van der Waals surface area (Å²) in [5.41, 5.74) is 0. The number of hydrogen-bond acceptors (Lipinski definition) is 2. The molecule has 0 radical (unpaired) electrons. The van der Waals surface area contributed by atoms with Crippen molar-refractivity contribution in [2.45, 2.75) is 96.2 Å². The van der Waals surface area contributed by atoms with E-state index in [0.29, 0.717) is 18.6 Å². The molecule has 0 aromatic carbocycles. The molecule has 1 N–H and O–H groups in total. The van der Waals surface area contributed by atoms with Crippen LogP contribution in [0.25, 0.3) is 0 Å². The highest BCUT2D eigenvalue weighted by atomic mass is 16.6. The fraction of sp³-hybridized carbons (Fsp3) is 0.938. The van der Waals surface area contributed by atoms with Crippen molar-refractivity contribution in [1.82, 2.24) is 0 Å². The summed E-state index contributed by atoms with van der Waals surface area (Å²) < 4.78 is 5.65. The van der Waals surface area contributed by atoms with Crippen molar-refractivity contribution in [2.75, 3.05) is 0 Å². The molecule has 0 spiro atoms. The molecule has 0 aromatic rings. The van der Waals surface area contributed by atoms with E-state index in [1.165, 1.54) is 57.8 Å². The van der Waals surface area contributed by atoms with Gasteiger partial charge in [-0.15, -0.1) is 0 Å². The van der Waals surface area contributed by atoms with E-state index < -0.39 is 5.97 Å². The molecule has 0 saturated carbocycles. The van der Waals surface area contributed by atoms with E-state index in [9.17, 15) is 4.79 Å². The number of carboxylic acids is 1. The fourth-order valence-corrected chi connectivity index (χ4v) is 2.60. The van der Waals surface area contributed by atoms with Crippen LogP contribution in [0.2, 0.25) is 0 Å². The van der Waals surface area contributed by atoms with E-state index in [0.717, 1.165) is 12.8 Å². The molecule has 1 saturated heterocycles. The molecule has 3 heteroatoms. The molecule has 0 amide bonds. The predicted octanol–water partition coefficient (Wildman–Crippen LogP) is 4.54. The van der Waals surface area contributed by atoms with E-state index in [2.05, 4.69) is 6.92 Å². The molecule has 1 heterocycles. The smallest absolute Gasteiger partial charge is 0.303 e. The Hall–Kier alpha value is -0.570. The molecule has 19 heavy (non-hydrogen) atoms. The molecule has 112 valence electrons. The number of rotatable bonds is 13. The third-order valence-corrected chi connectivity index (χ3v) is 3.91. The average molecular weight is 270 g/mol. The molecule has 2 atom stereocenters. The average Bonchev–Trinajstić information content (AvgIpc) is 3.12. The zero-order valence-electron chi connectivity index (χ0n) is 12.4. The summed E-state index contributed by atoms with van der Waals surface area (Å²) in [6, 6.07) is 0. The Kier molecular flexibility index (Phi) is 8.89. The number of carboxylic acid groups (broad SMARTS) is 1. The Morgan fingerprint density at radius 1 is 0.895 bits per heavy atom. The van der Waals surface area contributed by atoms with E-state index in [-0.39, 0.29) is 0 Å². The van der Waals surface area contributed by atoms with Crippen molar-refractivity contribution < 1.29 is 14.6 Å². The number of unbranched alkanes of at least 4 members (excludes halogenated alkanes) is 7. The first kappa shape index (κ1) is 16.5. The van der Waals surface area contributed by atoms with E-state index >= 15 is 0 Å². The molecule has 1 fully saturated rings.